The SMILES string of the molecule is [Br][Re].[CH-]=O.[CH-]=O.[CH-]=O.c1cn[nH]c1.c1cn[nH]c1. The number of H-pyrrole nitrogens is 2. The second kappa shape index (κ2) is 45.0. The monoisotopic (exact) mass is 489 g/mol. The van der Waals surface area contributed by atoms with E-state index in [0.29, 0.717) is 0 Å². The van der Waals surface area contributed by atoms with E-state index in [-0.39, 0.29) is 0 Å². The summed E-state index contributed by atoms with van der Waals surface area (Å²) >= 11 is 4.53. The van der Waals surface area contributed by atoms with E-state index in [1.807, 2.05) is 12.1 Å². The summed E-state index contributed by atoms with van der Waals surface area (Å²) < 4.78 is 0. The van der Waals surface area contributed by atoms with Crippen LogP contribution in [0.2, 0.25) is 0 Å². The molecule has 0 aliphatic carbocycles. The largest absolute Gasteiger partial charge is 0.545 e. The summed E-state index contributed by atoms with van der Waals surface area (Å²) in [7, 11) is 0. The van der Waals surface area contributed by atoms with Crippen molar-refractivity contribution in [2.45, 2.75) is 0 Å². The Bertz CT molecular complexity index is 206. The van der Waals surface area contributed by atoms with Crippen LogP contribution in [-0.2, 0) is 31.6 Å². The van der Waals surface area contributed by atoms with Crippen molar-refractivity contribution in [3.63, 3.8) is 0 Å². The van der Waals surface area contributed by atoms with Crippen LogP contribution in [0, 0.1) is 0 Å². The molecule has 2 N–H and O–H groups in total. The van der Waals surface area contributed by atoms with Gasteiger partial charge in [0.25, 0.3) is 0 Å². The summed E-state index contributed by atoms with van der Waals surface area (Å²) in [4.78, 5) is 23.2. The van der Waals surface area contributed by atoms with Gasteiger partial charge in [0.2, 0.25) is 0 Å². The van der Waals surface area contributed by atoms with Crippen molar-refractivity contribution < 1.29 is 31.6 Å². The van der Waals surface area contributed by atoms with Crippen molar-refractivity contribution in [2.24, 2.45) is 0 Å². The Balaban J connectivity index is -0.0000000713. The summed E-state index contributed by atoms with van der Waals surface area (Å²) in [6.07, 6.45) is 6.92. The summed E-state index contributed by atoms with van der Waals surface area (Å²) in [5, 5.41) is 12.4. The van der Waals surface area contributed by atoms with Gasteiger partial charge >= 0.3 is 30.6 Å². The second-order valence-electron chi connectivity index (χ2n) is 1.53. The Morgan fingerprint density at radius 2 is 1.06 bits per heavy atom. The number of carbonyl (C=O) groups excluding carboxylic acids is 3. The molecular formula is C9H11BrN4O3Re-3. The zero-order chi connectivity index (χ0) is 15.1. The number of aromatic nitrogens is 4. The van der Waals surface area contributed by atoms with E-state index in [9.17, 15) is 0 Å². The molecule has 0 spiro atoms. The molecule has 0 atom stereocenters. The number of halogens is 1. The van der Waals surface area contributed by atoms with Gasteiger partial charge in [0.1, 0.15) is 0 Å². The quantitative estimate of drug-likeness (QED) is 0.421. The average Bonchev–Trinajstić information content (AvgIpc) is 3.25. The standard InChI is InChI=1S/2C3H4N2.3CHO.BrH.Re/c2*1-2-4-5-3-1;3*1-2;;/h2*1-3H,(H,4,5);3*1H;1H;/q;;3*-1;;+1/p-1. The Morgan fingerprint density at radius 3 is 1.11 bits per heavy atom. The molecule has 0 fully saturated rings. The number of hydrogen-bond donors (Lipinski definition) is 2. The molecule has 0 radical (unpaired) electrons. The van der Waals surface area contributed by atoms with E-state index < -0.39 is 0 Å². The minimum absolute atomic E-state index is 1.53. The second-order valence-corrected chi connectivity index (χ2v) is 1.53. The van der Waals surface area contributed by atoms with Crippen molar-refractivity contribution in [2.75, 3.05) is 0 Å². The van der Waals surface area contributed by atoms with E-state index in [4.69, 9.17) is 14.4 Å². The van der Waals surface area contributed by atoms with Gasteiger partial charge in [-0.15, -0.1) is 0 Å². The number of aromatic amines is 2. The van der Waals surface area contributed by atoms with Crippen LogP contribution in [-0.4, -0.2) is 40.8 Å². The van der Waals surface area contributed by atoms with Crippen LogP contribution in [0.5, 0.6) is 0 Å². The van der Waals surface area contributed by atoms with E-state index in [1.54, 1.807) is 24.8 Å². The van der Waals surface area contributed by atoms with E-state index in [0.717, 1.165) is 0 Å². The fourth-order valence-electron chi connectivity index (χ4n) is 0.430. The molecule has 0 bridgehead atoms. The zero-order valence-electron chi connectivity index (χ0n) is 9.07. The topological polar surface area (TPSA) is 109 Å². The van der Waals surface area contributed by atoms with Crippen LogP contribution in [0.15, 0.2) is 36.9 Å². The molecule has 2 aromatic heterocycles. The van der Waals surface area contributed by atoms with Gasteiger partial charge in [-0.05, 0) is 12.1 Å². The molecule has 7 nitrogen and oxygen atoms in total. The average molecular weight is 489 g/mol. The van der Waals surface area contributed by atoms with E-state index in [2.05, 4.69) is 54.2 Å². The molecule has 0 aliphatic heterocycles. The minimum Gasteiger partial charge on any atom is -0.545 e. The van der Waals surface area contributed by atoms with Crippen molar-refractivity contribution in [3.05, 3.63) is 36.9 Å². The number of nitrogens with zero attached hydrogens (tertiary/aromatic N) is 2. The third-order valence-corrected chi connectivity index (χ3v) is 0.812. The molecule has 0 saturated heterocycles. The van der Waals surface area contributed by atoms with Crippen LogP contribution in [0.25, 0.3) is 0 Å². The molecule has 0 amide bonds. The van der Waals surface area contributed by atoms with Crippen LogP contribution < -0.4 is 0 Å². The van der Waals surface area contributed by atoms with Crippen LogP contribution >= 0.6 is 13.4 Å². The maximum absolute atomic E-state index is 7.75. The number of hydrogen-bond acceptors (Lipinski definition) is 5. The van der Waals surface area contributed by atoms with Gasteiger partial charge < -0.3 is 14.4 Å². The molecule has 18 heavy (non-hydrogen) atoms. The summed E-state index contributed by atoms with van der Waals surface area (Å²) in [5.41, 5.74) is 0. The van der Waals surface area contributed by atoms with Gasteiger partial charge in [-0.2, -0.15) is 10.2 Å². The van der Waals surface area contributed by atoms with Crippen molar-refractivity contribution in [1.82, 2.24) is 20.4 Å². The van der Waals surface area contributed by atoms with Crippen LogP contribution in [0.3, 0.4) is 0 Å². The first-order valence-corrected chi connectivity index (χ1v) is 9.66. The summed E-state index contributed by atoms with van der Waals surface area (Å²) in [6, 6.07) is 3.67. The van der Waals surface area contributed by atoms with Crippen molar-refractivity contribution >= 4 is 33.8 Å². The van der Waals surface area contributed by atoms with E-state index >= 15 is 0 Å². The predicted octanol–water partition coefficient (Wildman–Crippen LogP) is 0.840. The fourth-order valence-corrected chi connectivity index (χ4v) is 0.430. The van der Waals surface area contributed by atoms with E-state index in [1.165, 1.54) is 17.2 Å². The maximum atomic E-state index is 7.75. The Labute approximate surface area is 122 Å². The van der Waals surface area contributed by atoms with Gasteiger partial charge in [0, 0.05) is 24.8 Å². The summed E-state index contributed by atoms with van der Waals surface area (Å²) in [6.45, 7) is 9.75. The third kappa shape index (κ3) is 36.5. The molecule has 0 aromatic carbocycles. The normalized spacial score (nSPS) is 5.44. The Hall–Kier alpha value is -1.43. The van der Waals surface area contributed by atoms with Gasteiger partial charge in [-0.3, -0.25) is 30.6 Å². The van der Waals surface area contributed by atoms with Crippen molar-refractivity contribution in [3.8, 4) is 0 Å². The number of nitrogens with one attached hydrogen (secondary N) is 2. The molecular weight excluding hydrogens is 478 g/mol. The predicted molar refractivity (Wildman–Crippen MR) is 66.4 cm³/mol. The molecule has 0 aliphatic rings. The van der Waals surface area contributed by atoms with Gasteiger partial charge in [0.15, 0.2) is 0 Å². The Kier molecular flexibility index (Phi) is 63.6. The molecule has 2 aromatic rings. The molecule has 2 heterocycles. The first-order valence-electron chi connectivity index (χ1n) is 3.72. The van der Waals surface area contributed by atoms with Gasteiger partial charge in [-0.25, -0.2) is 0 Å². The Morgan fingerprint density at radius 1 is 0.778 bits per heavy atom. The molecule has 102 valence electrons. The molecule has 0 saturated carbocycles. The number of rotatable bonds is 0. The molecule has 0 unspecified atom stereocenters. The van der Waals surface area contributed by atoms with Crippen molar-refractivity contribution in [1.29, 1.82) is 0 Å². The fraction of sp³-hybridized carbons (Fsp3) is 0. The zero-order valence-corrected chi connectivity index (χ0v) is 13.4. The maximum Gasteiger partial charge on any atom is 0.0487 e. The molecule has 9 heteroatoms. The van der Waals surface area contributed by atoms with Crippen LogP contribution in [0.4, 0.5) is 0 Å². The first kappa shape index (κ1) is 25.4. The molecule has 2 rings (SSSR count). The minimum atomic E-state index is 1.53. The van der Waals surface area contributed by atoms with Crippen LogP contribution in [0.1, 0.15) is 0 Å². The smallest absolute Gasteiger partial charge is 0.0487 e. The van der Waals surface area contributed by atoms with Gasteiger partial charge in [0.05, 0.1) is 0 Å². The summed E-state index contributed by atoms with van der Waals surface area (Å²) in [5.74, 6) is 0. The van der Waals surface area contributed by atoms with Gasteiger partial charge in [-0.1, -0.05) is 0 Å². The third-order valence-electron chi connectivity index (χ3n) is 0.812. The first-order chi connectivity index (χ1) is 9.00.